The zero-order valence-electron chi connectivity index (χ0n) is 15.3. The van der Waals surface area contributed by atoms with Gasteiger partial charge in [0, 0.05) is 25.8 Å². The van der Waals surface area contributed by atoms with Crippen LogP contribution in [0.1, 0.15) is 40.9 Å². The van der Waals surface area contributed by atoms with E-state index in [4.69, 9.17) is 5.73 Å². The van der Waals surface area contributed by atoms with Crippen LogP contribution in [-0.2, 0) is 11.8 Å². The molecular weight excluding hydrogens is 320 g/mol. The Balaban J connectivity index is 1.85. The van der Waals surface area contributed by atoms with Gasteiger partial charge in [-0.25, -0.2) is 0 Å². The molecule has 1 aromatic heterocycles. The summed E-state index contributed by atoms with van der Waals surface area (Å²) in [4.78, 5) is 38.1. The van der Waals surface area contributed by atoms with Crippen molar-refractivity contribution in [2.45, 2.75) is 33.1 Å². The summed E-state index contributed by atoms with van der Waals surface area (Å²) in [6.07, 6.45) is 2.60. The number of pyridine rings is 1. The van der Waals surface area contributed by atoms with Gasteiger partial charge in [0.1, 0.15) is 5.56 Å². The van der Waals surface area contributed by atoms with Crippen molar-refractivity contribution in [3.63, 3.8) is 0 Å². The number of piperidine rings is 1. The van der Waals surface area contributed by atoms with Gasteiger partial charge in [0.2, 0.25) is 5.91 Å². The number of carbonyl (C=O) groups is 2. The quantitative estimate of drug-likeness (QED) is 0.724. The zero-order chi connectivity index (χ0) is 18.6. The number of carbonyl (C=O) groups excluding carboxylic acids is 2. The van der Waals surface area contributed by atoms with Crippen molar-refractivity contribution >= 4 is 11.8 Å². The van der Waals surface area contributed by atoms with Crippen LogP contribution in [0.2, 0.25) is 0 Å². The predicted molar refractivity (Wildman–Crippen MR) is 96.5 cm³/mol. The molecule has 25 heavy (non-hydrogen) atoms. The van der Waals surface area contributed by atoms with Crippen molar-refractivity contribution in [2.75, 3.05) is 26.2 Å². The van der Waals surface area contributed by atoms with Crippen molar-refractivity contribution in [1.82, 2.24) is 14.8 Å². The summed E-state index contributed by atoms with van der Waals surface area (Å²) >= 11 is 0. The molecule has 7 heteroatoms. The number of primary amides is 1. The Morgan fingerprint density at radius 3 is 2.76 bits per heavy atom. The fourth-order valence-corrected chi connectivity index (χ4v) is 3.34. The molecule has 1 saturated heterocycles. The fraction of sp³-hybridized carbons (Fsp3) is 0.611. The number of aryl methyl sites for hydroxylation is 2. The van der Waals surface area contributed by atoms with Crippen molar-refractivity contribution in [3.8, 4) is 0 Å². The zero-order valence-corrected chi connectivity index (χ0v) is 15.3. The molecule has 7 nitrogen and oxygen atoms in total. The molecule has 2 amide bonds. The molecule has 1 atom stereocenters. The Morgan fingerprint density at radius 1 is 1.36 bits per heavy atom. The summed E-state index contributed by atoms with van der Waals surface area (Å²) in [7, 11) is 1.67. The van der Waals surface area contributed by atoms with Gasteiger partial charge in [-0.05, 0) is 57.8 Å². The molecule has 138 valence electrons. The van der Waals surface area contributed by atoms with Crippen molar-refractivity contribution < 1.29 is 9.59 Å². The highest BCUT2D eigenvalue weighted by Gasteiger charge is 2.23. The van der Waals surface area contributed by atoms with E-state index in [1.165, 1.54) is 4.57 Å². The average molecular weight is 348 g/mol. The van der Waals surface area contributed by atoms with Gasteiger partial charge in [-0.15, -0.1) is 0 Å². The molecule has 0 unspecified atom stereocenters. The maximum Gasteiger partial charge on any atom is 0.263 e. The number of amides is 2. The van der Waals surface area contributed by atoms with Gasteiger partial charge >= 0.3 is 0 Å². The number of nitrogens with two attached hydrogens (primary N) is 1. The number of hydrogen-bond donors (Lipinski definition) is 2. The number of likely N-dealkylation sites (tertiary alicyclic amines) is 1. The van der Waals surface area contributed by atoms with Crippen LogP contribution in [0.5, 0.6) is 0 Å². The van der Waals surface area contributed by atoms with Gasteiger partial charge < -0.3 is 20.5 Å². The lowest BCUT2D eigenvalue weighted by atomic mass is 9.97. The third-order valence-electron chi connectivity index (χ3n) is 4.94. The first-order valence-corrected chi connectivity index (χ1v) is 8.78. The molecule has 3 N–H and O–H groups in total. The summed E-state index contributed by atoms with van der Waals surface area (Å²) in [5, 5.41) is 2.83. The Kier molecular flexibility index (Phi) is 6.36. The van der Waals surface area contributed by atoms with E-state index in [-0.39, 0.29) is 28.9 Å². The first kappa shape index (κ1) is 19.2. The topological polar surface area (TPSA) is 97.4 Å². The summed E-state index contributed by atoms with van der Waals surface area (Å²) in [5.74, 6) is -0.628. The molecule has 2 rings (SSSR count). The third kappa shape index (κ3) is 4.69. The Morgan fingerprint density at radius 2 is 2.08 bits per heavy atom. The van der Waals surface area contributed by atoms with Crippen LogP contribution in [-0.4, -0.2) is 47.5 Å². The molecule has 0 aromatic carbocycles. The summed E-state index contributed by atoms with van der Waals surface area (Å²) < 4.78 is 1.49. The second-order valence-electron chi connectivity index (χ2n) is 6.86. The largest absolute Gasteiger partial charge is 0.369 e. The Hall–Kier alpha value is -2.15. The van der Waals surface area contributed by atoms with Crippen LogP contribution in [0.25, 0.3) is 0 Å². The van der Waals surface area contributed by atoms with E-state index in [0.717, 1.165) is 38.0 Å². The third-order valence-corrected chi connectivity index (χ3v) is 4.94. The summed E-state index contributed by atoms with van der Waals surface area (Å²) in [6, 6.07) is 1.84. The monoisotopic (exact) mass is 348 g/mol. The van der Waals surface area contributed by atoms with Crippen molar-refractivity contribution in [3.05, 3.63) is 33.2 Å². The van der Waals surface area contributed by atoms with E-state index in [1.807, 2.05) is 13.0 Å². The van der Waals surface area contributed by atoms with Crippen LogP contribution in [0, 0.1) is 19.8 Å². The van der Waals surface area contributed by atoms with Gasteiger partial charge in [0.25, 0.3) is 11.5 Å². The van der Waals surface area contributed by atoms with Gasteiger partial charge in [-0.2, -0.15) is 0 Å². The molecular formula is C18H28N4O3. The standard InChI is InChI=1S/C18H28N4O3/c1-12-10-13(2)21(3)18(25)15(12)17(24)20-7-5-9-22-8-4-6-14(11-22)16(19)23/h10,14H,4-9,11H2,1-3H3,(H2,19,23)(H,20,24)/t14-/m0/s1. The molecule has 0 bridgehead atoms. The van der Waals surface area contributed by atoms with Crippen LogP contribution < -0.4 is 16.6 Å². The maximum atomic E-state index is 12.3. The molecule has 0 radical (unpaired) electrons. The van der Waals surface area contributed by atoms with E-state index in [0.29, 0.717) is 18.7 Å². The highest BCUT2D eigenvalue weighted by atomic mass is 16.2. The van der Waals surface area contributed by atoms with Crippen LogP contribution in [0.4, 0.5) is 0 Å². The molecule has 1 fully saturated rings. The fourth-order valence-electron chi connectivity index (χ4n) is 3.34. The minimum atomic E-state index is -0.327. The minimum Gasteiger partial charge on any atom is -0.369 e. The van der Waals surface area contributed by atoms with Gasteiger partial charge in [0.15, 0.2) is 0 Å². The summed E-state index contributed by atoms with van der Waals surface area (Å²) in [5.41, 5.74) is 6.85. The van der Waals surface area contributed by atoms with Crippen molar-refractivity contribution in [2.24, 2.45) is 18.7 Å². The Bertz CT molecular complexity index is 711. The average Bonchev–Trinajstić information content (AvgIpc) is 2.57. The molecule has 2 heterocycles. The van der Waals surface area contributed by atoms with E-state index in [1.54, 1.807) is 14.0 Å². The lowest BCUT2D eigenvalue weighted by Crippen LogP contribution is -2.42. The predicted octanol–water partition coefficient (Wildman–Crippen LogP) is 0.319. The van der Waals surface area contributed by atoms with E-state index < -0.39 is 0 Å². The number of rotatable bonds is 6. The van der Waals surface area contributed by atoms with Gasteiger partial charge in [0.05, 0.1) is 5.92 Å². The van der Waals surface area contributed by atoms with E-state index in [2.05, 4.69) is 10.2 Å². The lowest BCUT2D eigenvalue weighted by molar-refractivity contribution is -0.123. The minimum absolute atomic E-state index is 0.0680. The maximum absolute atomic E-state index is 12.3. The Labute approximate surface area is 148 Å². The highest BCUT2D eigenvalue weighted by molar-refractivity contribution is 5.95. The molecule has 0 spiro atoms. The molecule has 0 saturated carbocycles. The van der Waals surface area contributed by atoms with Crippen LogP contribution >= 0.6 is 0 Å². The van der Waals surface area contributed by atoms with Crippen LogP contribution in [0.3, 0.4) is 0 Å². The smallest absolute Gasteiger partial charge is 0.263 e. The summed E-state index contributed by atoms with van der Waals surface area (Å²) in [6.45, 7) is 6.56. The first-order chi connectivity index (χ1) is 11.8. The number of aromatic nitrogens is 1. The second kappa shape index (κ2) is 8.29. The molecule has 1 aliphatic rings. The highest BCUT2D eigenvalue weighted by Crippen LogP contribution is 2.15. The first-order valence-electron chi connectivity index (χ1n) is 8.78. The molecule has 1 aliphatic heterocycles. The molecule has 1 aromatic rings. The number of hydrogen-bond acceptors (Lipinski definition) is 4. The van der Waals surface area contributed by atoms with Gasteiger partial charge in [-0.1, -0.05) is 0 Å². The van der Waals surface area contributed by atoms with E-state index >= 15 is 0 Å². The SMILES string of the molecule is Cc1cc(C)n(C)c(=O)c1C(=O)NCCCN1CCC[C@H](C(N)=O)C1. The van der Waals surface area contributed by atoms with Crippen LogP contribution in [0.15, 0.2) is 10.9 Å². The molecule has 0 aliphatic carbocycles. The normalized spacial score (nSPS) is 18.1. The van der Waals surface area contributed by atoms with Gasteiger partial charge in [-0.3, -0.25) is 14.4 Å². The number of nitrogens with one attached hydrogen (secondary N) is 1. The second-order valence-corrected chi connectivity index (χ2v) is 6.86. The van der Waals surface area contributed by atoms with Crippen molar-refractivity contribution in [1.29, 1.82) is 0 Å². The number of nitrogens with zero attached hydrogens (tertiary/aromatic N) is 2. The lowest BCUT2D eigenvalue weighted by Gasteiger charge is -2.31. The van der Waals surface area contributed by atoms with E-state index in [9.17, 15) is 14.4 Å².